The number of phenols is 2. The molecule has 4 aromatic carbocycles. The fourth-order valence-corrected chi connectivity index (χ4v) is 4.07. The van der Waals surface area contributed by atoms with Crippen LogP contribution in [0.2, 0.25) is 10.0 Å². The summed E-state index contributed by atoms with van der Waals surface area (Å²) in [4.78, 5) is 0. The van der Waals surface area contributed by atoms with Crippen LogP contribution in [0.3, 0.4) is 0 Å². The molecule has 0 aliphatic rings. The summed E-state index contributed by atoms with van der Waals surface area (Å²) in [5, 5.41) is 18.6. The smallest absolute Gasteiger partial charge is 0.508 e. The van der Waals surface area contributed by atoms with E-state index >= 15 is 0 Å². The Morgan fingerprint density at radius 3 is 0.953 bits per heavy atom. The zero-order chi connectivity index (χ0) is 32.5. The number of hydrogen-bond acceptors (Lipinski definition) is 2. The molecule has 0 aliphatic carbocycles. The summed E-state index contributed by atoms with van der Waals surface area (Å²) in [6.07, 6.45) is 0. The van der Waals surface area contributed by atoms with Crippen LogP contribution in [0.1, 0.15) is 105 Å². The van der Waals surface area contributed by atoms with Gasteiger partial charge in [0.1, 0.15) is 11.5 Å². The molecular formula is C38H52Cl2O2Zr. The first-order valence-electron chi connectivity index (χ1n) is 14.4. The largest absolute Gasteiger partial charge is 2.00 e. The van der Waals surface area contributed by atoms with Gasteiger partial charge in [-0.1, -0.05) is 140 Å². The molecule has 0 radical (unpaired) electrons. The predicted molar refractivity (Wildman–Crippen MR) is 185 cm³/mol. The topological polar surface area (TPSA) is 40.5 Å². The normalized spacial score (nSPS) is 11.5. The molecule has 0 unspecified atom stereocenters. The average Bonchev–Trinajstić information content (AvgIpc) is 3.50. The van der Waals surface area contributed by atoms with Crippen molar-refractivity contribution in [2.75, 3.05) is 0 Å². The van der Waals surface area contributed by atoms with Crippen molar-refractivity contribution >= 4 is 23.2 Å². The van der Waals surface area contributed by atoms with Crippen LogP contribution in [-0.2, 0) is 47.9 Å². The third kappa shape index (κ3) is 16.2. The Kier molecular flexibility index (Phi) is 16.3. The minimum Gasteiger partial charge on any atom is -0.508 e. The Morgan fingerprint density at radius 1 is 0.512 bits per heavy atom. The molecule has 4 aromatic rings. The maximum atomic E-state index is 8.73. The Labute approximate surface area is 291 Å². The van der Waals surface area contributed by atoms with Crippen molar-refractivity contribution in [1.82, 2.24) is 0 Å². The standard InChI is InChI=1S/2C13H21.2C6H5ClO.Zr/c2*1-12(2,3)10-7-8-11(9-10)13(4,5)6;2*7-5-2-1-3-6(8)4-5;/h2*7-9H,1-6H3;2*1-4,8H;/q2*-1;;;+2. The molecule has 0 saturated carbocycles. The van der Waals surface area contributed by atoms with Gasteiger partial charge in [0.2, 0.25) is 0 Å². The molecule has 5 heteroatoms. The summed E-state index contributed by atoms with van der Waals surface area (Å²) in [7, 11) is 0. The average molecular weight is 703 g/mol. The van der Waals surface area contributed by atoms with E-state index in [0.29, 0.717) is 10.0 Å². The second-order valence-electron chi connectivity index (χ2n) is 14.7. The second-order valence-corrected chi connectivity index (χ2v) is 15.6. The SMILES string of the molecule is CC(C)(C)c1cc[c-](C(C)(C)C)c1.CC(C)(C)c1cc[c-](C(C)(C)C)c1.Oc1cccc(Cl)c1.Oc1cccc(Cl)c1.[Zr+2]. The molecule has 2 nitrogen and oxygen atoms in total. The summed E-state index contributed by atoms with van der Waals surface area (Å²) < 4.78 is 0. The van der Waals surface area contributed by atoms with Crippen molar-refractivity contribution in [3.05, 3.63) is 117 Å². The van der Waals surface area contributed by atoms with E-state index in [1.165, 1.54) is 34.4 Å². The monoisotopic (exact) mass is 700 g/mol. The van der Waals surface area contributed by atoms with Gasteiger partial charge in [-0.25, -0.2) is 12.1 Å². The van der Waals surface area contributed by atoms with Gasteiger partial charge in [-0.3, -0.25) is 0 Å². The summed E-state index contributed by atoms with van der Waals surface area (Å²) in [5.41, 5.74) is 6.89. The molecule has 0 amide bonds. The molecule has 2 N–H and O–H groups in total. The Balaban J connectivity index is 0.000000556. The summed E-state index contributed by atoms with van der Waals surface area (Å²) in [6.45, 7) is 27.1. The van der Waals surface area contributed by atoms with Crippen molar-refractivity contribution in [1.29, 1.82) is 0 Å². The zero-order valence-electron chi connectivity index (χ0n) is 28.2. The van der Waals surface area contributed by atoms with Crippen LogP contribution in [-0.4, -0.2) is 10.2 Å². The van der Waals surface area contributed by atoms with Gasteiger partial charge in [0.25, 0.3) is 0 Å². The quantitative estimate of drug-likeness (QED) is 0.179. The van der Waals surface area contributed by atoms with Gasteiger partial charge in [0, 0.05) is 10.0 Å². The molecule has 4 rings (SSSR count). The minimum absolute atomic E-state index is 0. The first-order valence-corrected chi connectivity index (χ1v) is 15.2. The molecule has 0 bridgehead atoms. The molecule has 234 valence electrons. The number of benzene rings is 2. The summed E-state index contributed by atoms with van der Waals surface area (Å²) in [6, 6.07) is 26.6. The maximum absolute atomic E-state index is 8.73. The second kappa shape index (κ2) is 17.0. The first kappa shape index (κ1) is 41.2. The van der Waals surface area contributed by atoms with Gasteiger partial charge in [0.05, 0.1) is 0 Å². The molecule has 0 fully saturated rings. The maximum Gasteiger partial charge on any atom is 2.00 e. The number of aromatic hydroxyl groups is 2. The van der Waals surface area contributed by atoms with Crippen LogP contribution in [0.15, 0.2) is 84.9 Å². The first-order chi connectivity index (χ1) is 19.0. The van der Waals surface area contributed by atoms with E-state index in [-0.39, 0.29) is 59.4 Å². The molecule has 0 saturated heterocycles. The van der Waals surface area contributed by atoms with Gasteiger partial charge in [-0.15, -0.1) is 0 Å². The number of phenolic OH excluding ortho intramolecular Hbond substituents is 2. The molecule has 43 heavy (non-hydrogen) atoms. The van der Waals surface area contributed by atoms with E-state index in [9.17, 15) is 0 Å². The number of halogens is 2. The predicted octanol–water partition coefficient (Wildman–Crippen LogP) is 12.1. The third-order valence-electron chi connectivity index (χ3n) is 6.59. The van der Waals surface area contributed by atoms with Crippen LogP contribution in [0.4, 0.5) is 0 Å². The van der Waals surface area contributed by atoms with Crippen LogP contribution in [0.25, 0.3) is 0 Å². The fourth-order valence-electron chi connectivity index (χ4n) is 3.70. The van der Waals surface area contributed by atoms with E-state index in [2.05, 4.69) is 119 Å². The number of hydrogen-bond donors (Lipinski definition) is 2. The van der Waals surface area contributed by atoms with E-state index in [0.717, 1.165) is 0 Å². The van der Waals surface area contributed by atoms with Gasteiger partial charge in [0.15, 0.2) is 0 Å². The van der Waals surface area contributed by atoms with Crippen LogP contribution in [0, 0.1) is 0 Å². The summed E-state index contributed by atoms with van der Waals surface area (Å²) >= 11 is 11.0. The van der Waals surface area contributed by atoms with E-state index < -0.39 is 0 Å². The minimum atomic E-state index is 0. The fraction of sp³-hybridized carbons (Fsp3) is 0.421. The Bertz CT molecular complexity index is 1160. The number of rotatable bonds is 0. The molecule has 0 aromatic heterocycles. The van der Waals surface area contributed by atoms with Crippen LogP contribution < -0.4 is 0 Å². The van der Waals surface area contributed by atoms with E-state index in [1.807, 2.05) is 0 Å². The van der Waals surface area contributed by atoms with Gasteiger partial charge in [-0.2, -0.15) is 46.5 Å². The van der Waals surface area contributed by atoms with Crippen molar-refractivity contribution < 1.29 is 36.4 Å². The van der Waals surface area contributed by atoms with Crippen molar-refractivity contribution in [3.8, 4) is 11.5 Å². The van der Waals surface area contributed by atoms with Crippen LogP contribution >= 0.6 is 23.2 Å². The van der Waals surface area contributed by atoms with Gasteiger partial charge < -0.3 is 10.2 Å². The van der Waals surface area contributed by atoms with Crippen LogP contribution in [0.5, 0.6) is 11.5 Å². The molecule has 0 heterocycles. The van der Waals surface area contributed by atoms with Crippen molar-refractivity contribution in [3.63, 3.8) is 0 Å². The van der Waals surface area contributed by atoms with E-state index in [1.54, 1.807) is 36.4 Å². The molecular weight excluding hydrogens is 651 g/mol. The van der Waals surface area contributed by atoms with E-state index in [4.69, 9.17) is 33.4 Å². The van der Waals surface area contributed by atoms with Gasteiger partial charge >= 0.3 is 26.2 Å². The van der Waals surface area contributed by atoms with Crippen molar-refractivity contribution in [2.45, 2.75) is 105 Å². The molecule has 0 atom stereocenters. The zero-order valence-corrected chi connectivity index (χ0v) is 32.2. The van der Waals surface area contributed by atoms with Gasteiger partial charge in [-0.05, 0) is 36.4 Å². The summed E-state index contributed by atoms with van der Waals surface area (Å²) in [5.74, 6) is 0.412. The Hall–Kier alpha value is -1.80. The third-order valence-corrected chi connectivity index (χ3v) is 7.06. The van der Waals surface area contributed by atoms with Crippen molar-refractivity contribution in [2.24, 2.45) is 0 Å². The molecule has 0 spiro atoms. The Morgan fingerprint density at radius 2 is 0.814 bits per heavy atom. The molecule has 0 aliphatic heterocycles.